The molecule has 24 heavy (non-hydrogen) atoms. The zero-order valence-corrected chi connectivity index (χ0v) is 15.5. The number of Topliss-reactive ketones (excluding diaryl/α,β-unsaturated/α-hetero) is 1. The van der Waals surface area contributed by atoms with Crippen molar-refractivity contribution in [3.63, 3.8) is 0 Å². The number of carbonyl (C=O) groups excluding carboxylic acids is 1. The minimum absolute atomic E-state index is 0.178. The third kappa shape index (κ3) is 2.19. The van der Waals surface area contributed by atoms with Crippen LogP contribution in [0.3, 0.4) is 0 Å². The first-order valence-corrected chi connectivity index (χ1v) is 10.1. The predicted octanol–water partition coefficient (Wildman–Crippen LogP) is 3.57. The van der Waals surface area contributed by atoms with Gasteiger partial charge in [0.15, 0.2) is 0 Å². The van der Waals surface area contributed by atoms with E-state index in [0.29, 0.717) is 23.5 Å². The highest BCUT2D eigenvalue weighted by Gasteiger charge is 2.61. The molecule has 9 atom stereocenters. The number of hydrogen-bond donors (Lipinski definition) is 2. The van der Waals surface area contributed by atoms with Gasteiger partial charge in [0, 0.05) is 5.92 Å². The van der Waals surface area contributed by atoms with Crippen molar-refractivity contribution in [2.24, 2.45) is 40.4 Å². The van der Waals surface area contributed by atoms with Gasteiger partial charge < -0.3 is 10.2 Å². The Bertz CT molecular complexity index is 531. The third-order valence-corrected chi connectivity index (χ3v) is 9.18. The summed E-state index contributed by atoms with van der Waals surface area (Å²) in [4.78, 5) is 12.2. The topological polar surface area (TPSA) is 57.5 Å². The maximum absolute atomic E-state index is 12.2. The Balaban J connectivity index is 1.62. The molecular weight excluding hydrogens is 300 g/mol. The Morgan fingerprint density at radius 2 is 1.62 bits per heavy atom. The lowest BCUT2D eigenvalue weighted by Gasteiger charge is -2.61. The number of carbonyl (C=O) groups is 1. The second-order valence-corrected chi connectivity index (χ2v) is 10.0. The monoisotopic (exact) mass is 334 g/mol. The normalized spacial score (nSPS) is 57.0. The first-order chi connectivity index (χ1) is 11.3. The average Bonchev–Trinajstić information content (AvgIpc) is 2.86. The molecule has 0 bridgehead atoms. The van der Waals surface area contributed by atoms with Gasteiger partial charge in [0.2, 0.25) is 0 Å². The second-order valence-electron chi connectivity index (χ2n) is 10.0. The van der Waals surface area contributed by atoms with Gasteiger partial charge in [-0.25, -0.2) is 0 Å². The van der Waals surface area contributed by atoms with Crippen LogP contribution in [0.5, 0.6) is 0 Å². The van der Waals surface area contributed by atoms with Crippen molar-refractivity contribution in [2.45, 2.75) is 84.3 Å². The van der Waals surface area contributed by atoms with Gasteiger partial charge in [-0.15, -0.1) is 0 Å². The van der Waals surface area contributed by atoms with Gasteiger partial charge in [0.1, 0.15) is 5.78 Å². The Labute approximate surface area is 146 Å². The predicted molar refractivity (Wildman–Crippen MR) is 93.3 cm³/mol. The van der Waals surface area contributed by atoms with Crippen molar-refractivity contribution < 1.29 is 15.0 Å². The van der Waals surface area contributed by atoms with Gasteiger partial charge in [-0.1, -0.05) is 13.8 Å². The van der Waals surface area contributed by atoms with E-state index in [4.69, 9.17) is 0 Å². The Hall–Kier alpha value is -0.410. The maximum atomic E-state index is 12.2. The molecule has 4 rings (SSSR count). The van der Waals surface area contributed by atoms with Crippen molar-refractivity contribution in [1.29, 1.82) is 0 Å². The van der Waals surface area contributed by atoms with E-state index < -0.39 is 12.2 Å². The molecule has 0 aliphatic heterocycles. The number of aliphatic hydroxyl groups excluding tert-OH is 2. The molecular formula is C21H34O3. The summed E-state index contributed by atoms with van der Waals surface area (Å²) in [6, 6.07) is 0. The summed E-state index contributed by atoms with van der Waals surface area (Å²) in [6.45, 7) is 6.58. The molecule has 0 aromatic carbocycles. The molecule has 4 aliphatic carbocycles. The van der Waals surface area contributed by atoms with Crippen LogP contribution in [-0.4, -0.2) is 28.2 Å². The van der Waals surface area contributed by atoms with Gasteiger partial charge >= 0.3 is 0 Å². The molecule has 0 amide bonds. The van der Waals surface area contributed by atoms with Crippen molar-refractivity contribution in [2.75, 3.05) is 0 Å². The van der Waals surface area contributed by atoms with E-state index in [9.17, 15) is 15.0 Å². The molecule has 0 aromatic heterocycles. The summed E-state index contributed by atoms with van der Waals surface area (Å²) < 4.78 is 0. The first kappa shape index (κ1) is 17.0. The van der Waals surface area contributed by atoms with Crippen molar-refractivity contribution >= 4 is 5.78 Å². The lowest BCUT2D eigenvalue weighted by atomic mass is 9.44. The van der Waals surface area contributed by atoms with E-state index in [0.717, 1.165) is 25.2 Å². The number of hydrogen-bond acceptors (Lipinski definition) is 3. The fraction of sp³-hybridized carbons (Fsp3) is 0.952. The molecule has 136 valence electrons. The highest BCUT2D eigenvalue weighted by Crippen LogP contribution is 2.67. The molecule has 3 heteroatoms. The van der Waals surface area contributed by atoms with Crippen LogP contribution in [-0.2, 0) is 4.79 Å². The van der Waals surface area contributed by atoms with E-state index in [1.165, 1.54) is 32.1 Å². The van der Waals surface area contributed by atoms with E-state index >= 15 is 0 Å². The zero-order valence-electron chi connectivity index (χ0n) is 15.5. The highest BCUT2D eigenvalue weighted by atomic mass is 16.3. The van der Waals surface area contributed by atoms with Crippen LogP contribution in [0.1, 0.15) is 72.1 Å². The van der Waals surface area contributed by atoms with Crippen LogP contribution in [0.4, 0.5) is 0 Å². The molecule has 2 N–H and O–H groups in total. The minimum atomic E-state index is -0.549. The van der Waals surface area contributed by atoms with Gasteiger partial charge in [0.25, 0.3) is 0 Å². The summed E-state index contributed by atoms with van der Waals surface area (Å²) in [7, 11) is 0. The third-order valence-electron chi connectivity index (χ3n) is 9.18. The van der Waals surface area contributed by atoms with Crippen LogP contribution in [0.15, 0.2) is 0 Å². The average molecular weight is 335 g/mol. The SMILES string of the molecule is CC(=O)[C@H]1CC[C@H]2[C@@H]3CC[C@H]4C[C@H](O)[C@H](O)C[C@]4(C)[C@H]3CC[C@]12C. The fourth-order valence-corrected chi connectivity index (χ4v) is 7.94. The lowest BCUT2D eigenvalue weighted by molar-refractivity contribution is -0.160. The Morgan fingerprint density at radius 3 is 2.33 bits per heavy atom. The quantitative estimate of drug-likeness (QED) is 0.771. The van der Waals surface area contributed by atoms with Crippen LogP contribution in [0.25, 0.3) is 0 Å². The van der Waals surface area contributed by atoms with Gasteiger partial charge in [-0.2, -0.15) is 0 Å². The smallest absolute Gasteiger partial charge is 0.133 e. The summed E-state index contributed by atoms with van der Waals surface area (Å²) in [5.41, 5.74) is 0.389. The summed E-state index contributed by atoms with van der Waals surface area (Å²) >= 11 is 0. The molecule has 3 nitrogen and oxygen atoms in total. The summed E-state index contributed by atoms with van der Waals surface area (Å²) in [5, 5.41) is 20.5. The summed E-state index contributed by atoms with van der Waals surface area (Å²) in [6.07, 6.45) is 7.60. The molecule has 0 spiro atoms. The van der Waals surface area contributed by atoms with E-state index in [1.807, 2.05) is 0 Å². The Kier molecular flexibility index (Phi) is 3.93. The van der Waals surface area contributed by atoms with E-state index in [-0.39, 0.29) is 16.7 Å². The number of ketones is 1. The van der Waals surface area contributed by atoms with Crippen LogP contribution < -0.4 is 0 Å². The largest absolute Gasteiger partial charge is 0.390 e. The maximum Gasteiger partial charge on any atom is 0.133 e. The standard InChI is InChI=1S/C21H34O3/c1-12(22)15-6-7-16-14-5-4-13-10-18(23)19(24)11-21(13,3)17(14)8-9-20(15,16)2/h13-19,23-24H,4-11H2,1-3H3/t13-,14-,15+,16-,17-,18-,19+,20+,21-/m0/s1. The minimum Gasteiger partial charge on any atom is -0.390 e. The van der Waals surface area contributed by atoms with E-state index in [2.05, 4.69) is 13.8 Å². The zero-order chi connectivity index (χ0) is 17.3. The molecule has 4 aliphatic rings. The Morgan fingerprint density at radius 1 is 0.917 bits per heavy atom. The molecule has 4 saturated carbocycles. The second kappa shape index (κ2) is 5.54. The molecule has 0 radical (unpaired) electrons. The highest BCUT2D eigenvalue weighted by molar-refractivity contribution is 5.79. The van der Waals surface area contributed by atoms with Crippen LogP contribution in [0.2, 0.25) is 0 Å². The number of fused-ring (bicyclic) bond motifs is 5. The van der Waals surface area contributed by atoms with Crippen LogP contribution in [0, 0.1) is 40.4 Å². The van der Waals surface area contributed by atoms with E-state index in [1.54, 1.807) is 6.92 Å². The van der Waals surface area contributed by atoms with Gasteiger partial charge in [-0.3, -0.25) is 4.79 Å². The molecule has 0 aromatic rings. The van der Waals surface area contributed by atoms with Crippen LogP contribution >= 0.6 is 0 Å². The van der Waals surface area contributed by atoms with Gasteiger partial charge in [0.05, 0.1) is 12.2 Å². The molecule has 4 fully saturated rings. The number of aliphatic hydroxyl groups is 2. The van der Waals surface area contributed by atoms with Crippen molar-refractivity contribution in [3.8, 4) is 0 Å². The molecule has 0 saturated heterocycles. The first-order valence-electron chi connectivity index (χ1n) is 10.1. The fourth-order valence-electron chi connectivity index (χ4n) is 7.94. The molecule has 0 unspecified atom stereocenters. The summed E-state index contributed by atoms with van der Waals surface area (Å²) in [5.74, 6) is 3.31. The number of rotatable bonds is 1. The van der Waals surface area contributed by atoms with Gasteiger partial charge in [-0.05, 0) is 92.8 Å². The molecule has 0 heterocycles. The van der Waals surface area contributed by atoms with Crippen molar-refractivity contribution in [1.82, 2.24) is 0 Å². The van der Waals surface area contributed by atoms with Crippen molar-refractivity contribution in [3.05, 3.63) is 0 Å². The lowest BCUT2D eigenvalue weighted by Crippen LogP contribution is -2.56.